The Kier molecular flexibility index (Phi) is 7.80. The molecule has 0 aliphatic carbocycles. The van der Waals surface area contributed by atoms with E-state index >= 15 is 0 Å². The predicted molar refractivity (Wildman–Crippen MR) is 256 cm³/mol. The number of hydrogen-bond acceptors (Lipinski definition) is 5. The molecule has 294 valence electrons. The Balaban J connectivity index is 0.952. The van der Waals surface area contributed by atoms with Crippen LogP contribution in [0.25, 0.3) is 128 Å². The summed E-state index contributed by atoms with van der Waals surface area (Å²) in [5.41, 5.74) is 13.9. The first-order valence-corrected chi connectivity index (χ1v) is 21.1. The number of nitrogens with zero attached hydrogens (tertiary/aromatic N) is 4. The lowest BCUT2D eigenvalue weighted by molar-refractivity contribution is 0.668. The lowest BCUT2D eigenvalue weighted by Crippen LogP contribution is -2.00. The van der Waals surface area contributed by atoms with Crippen LogP contribution in [0.2, 0.25) is 0 Å². The Hall–Kier alpha value is -8.61. The fraction of sp³-hybridized carbons (Fsp3) is 0. The quantitative estimate of drug-likeness (QED) is 0.167. The predicted octanol–water partition coefficient (Wildman–Crippen LogP) is 15.1. The average molecular weight is 807 g/mol. The molecule has 0 fully saturated rings. The first kappa shape index (κ1) is 35.2. The number of rotatable bonds is 6. The summed E-state index contributed by atoms with van der Waals surface area (Å²) in [5, 5.41) is 6.39. The van der Waals surface area contributed by atoms with Gasteiger partial charge in [0.25, 0.3) is 0 Å². The van der Waals surface area contributed by atoms with E-state index < -0.39 is 0 Å². The molecule has 63 heavy (non-hydrogen) atoms. The second-order valence-electron chi connectivity index (χ2n) is 15.9. The van der Waals surface area contributed by atoms with Gasteiger partial charge < -0.3 is 13.4 Å². The van der Waals surface area contributed by atoms with Crippen molar-refractivity contribution >= 4 is 65.7 Å². The smallest absolute Gasteiger partial charge is 0.164 e. The summed E-state index contributed by atoms with van der Waals surface area (Å²) >= 11 is 0. The van der Waals surface area contributed by atoms with E-state index in [2.05, 4.69) is 138 Å². The van der Waals surface area contributed by atoms with Crippen molar-refractivity contribution in [3.05, 3.63) is 206 Å². The molecule has 6 heteroatoms. The van der Waals surface area contributed by atoms with Crippen molar-refractivity contribution in [2.45, 2.75) is 0 Å². The Morgan fingerprint density at radius 3 is 1.52 bits per heavy atom. The molecule has 9 aromatic carbocycles. The van der Waals surface area contributed by atoms with Crippen LogP contribution in [0.3, 0.4) is 0 Å². The third-order valence-electron chi connectivity index (χ3n) is 12.3. The molecule has 0 aliphatic heterocycles. The Morgan fingerprint density at radius 1 is 0.302 bits per heavy atom. The normalized spacial score (nSPS) is 11.8. The van der Waals surface area contributed by atoms with Gasteiger partial charge >= 0.3 is 0 Å². The molecule has 0 saturated heterocycles. The maximum absolute atomic E-state index is 6.55. The second-order valence-corrected chi connectivity index (χ2v) is 15.9. The fourth-order valence-electron chi connectivity index (χ4n) is 9.37. The maximum Gasteiger partial charge on any atom is 0.164 e. The molecule has 6 nitrogen and oxygen atoms in total. The van der Waals surface area contributed by atoms with Crippen molar-refractivity contribution < 1.29 is 8.83 Å². The fourth-order valence-corrected chi connectivity index (χ4v) is 9.37. The van der Waals surface area contributed by atoms with E-state index in [1.807, 2.05) is 72.8 Å². The molecule has 0 bridgehead atoms. The zero-order valence-corrected chi connectivity index (χ0v) is 33.7. The van der Waals surface area contributed by atoms with E-state index in [9.17, 15) is 0 Å². The van der Waals surface area contributed by atoms with Crippen molar-refractivity contribution in [3.8, 4) is 62.1 Å². The van der Waals surface area contributed by atoms with Crippen LogP contribution in [0.4, 0.5) is 0 Å². The molecule has 0 atom stereocenters. The number of benzene rings is 9. The van der Waals surface area contributed by atoms with Gasteiger partial charge in [0, 0.05) is 54.7 Å². The third kappa shape index (κ3) is 5.69. The maximum atomic E-state index is 6.55. The molecule has 13 aromatic rings. The van der Waals surface area contributed by atoms with Crippen molar-refractivity contribution in [1.82, 2.24) is 19.5 Å². The van der Waals surface area contributed by atoms with Crippen LogP contribution in [-0.2, 0) is 0 Å². The minimum atomic E-state index is 0.563. The zero-order valence-electron chi connectivity index (χ0n) is 33.7. The van der Waals surface area contributed by atoms with Crippen LogP contribution >= 0.6 is 0 Å². The summed E-state index contributed by atoms with van der Waals surface area (Å²) < 4.78 is 15.2. The van der Waals surface area contributed by atoms with Gasteiger partial charge in [-0.3, -0.25) is 0 Å². The molecular formula is C57H34N4O2. The summed E-state index contributed by atoms with van der Waals surface area (Å²) in [5.74, 6) is 1.72. The van der Waals surface area contributed by atoms with Gasteiger partial charge in [0.1, 0.15) is 22.3 Å². The molecule has 0 unspecified atom stereocenters. The van der Waals surface area contributed by atoms with E-state index in [1.165, 1.54) is 21.8 Å². The van der Waals surface area contributed by atoms with Gasteiger partial charge in [0.05, 0.1) is 11.0 Å². The van der Waals surface area contributed by atoms with Crippen molar-refractivity contribution in [3.63, 3.8) is 0 Å². The molecule has 13 rings (SSSR count). The summed E-state index contributed by atoms with van der Waals surface area (Å²) in [6.07, 6.45) is 0. The van der Waals surface area contributed by atoms with Crippen LogP contribution in [0.5, 0.6) is 0 Å². The lowest BCUT2D eigenvalue weighted by Gasteiger charge is -2.10. The summed E-state index contributed by atoms with van der Waals surface area (Å²) in [6, 6.07) is 71.7. The van der Waals surface area contributed by atoms with E-state index in [4.69, 9.17) is 23.8 Å². The van der Waals surface area contributed by atoms with Crippen LogP contribution in [0, 0.1) is 0 Å². The number of aromatic nitrogens is 4. The van der Waals surface area contributed by atoms with Gasteiger partial charge in [-0.2, -0.15) is 0 Å². The first-order chi connectivity index (χ1) is 31.2. The SMILES string of the molecule is c1ccc(-c2nc(-c3cccc4oc5ccccc5c34)nc(-c3cccc4oc5ccc(-c6cccc(-c7ccc8c(c7)c7ccccc7n8-c7ccccc7)c6)cc5c34)n2)cc1. The highest BCUT2D eigenvalue weighted by Crippen LogP contribution is 2.41. The van der Waals surface area contributed by atoms with E-state index in [1.54, 1.807) is 0 Å². The van der Waals surface area contributed by atoms with Gasteiger partial charge in [0.15, 0.2) is 17.5 Å². The van der Waals surface area contributed by atoms with Crippen LogP contribution in [0.15, 0.2) is 215 Å². The zero-order chi connectivity index (χ0) is 41.4. The van der Waals surface area contributed by atoms with Gasteiger partial charge in [-0.05, 0) is 89.0 Å². The minimum absolute atomic E-state index is 0.563. The lowest BCUT2D eigenvalue weighted by atomic mass is 9.96. The second kappa shape index (κ2) is 14.0. The van der Waals surface area contributed by atoms with Crippen molar-refractivity contribution in [2.24, 2.45) is 0 Å². The van der Waals surface area contributed by atoms with Gasteiger partial charge in [-0.15, -0.1) is 0 Å². The van der Waals surface area contributed by atoms with E-state index in [0.29, 0.717) is 17.5 Å². The van der Waals surface area contributed by atoms with Gasteiger partial charge in [-0.25, -0.2) is 15.0 Å². The Morgan fingerprint density at radius 2 is 0.794 bits per heavy atom. The summed E-state index contributed by atoms with van der Waals surface area (Å²) in [6.45, 7) is 0. The first-order valence-electron chi connectivity index (χ1n) is 21.1. The highest BCUT2D eigenvalue weighted by atomic mass is 16.3. The molecule has 0 radical (unpaired) electrons. The molecule has 4 heterocycles. The molecule has 0 aliphatic rings. The average Bonchev–Trinajstić information content (AvgIpc) is 4.04. The number of hydrogen-bond donors (Lipinski definition) is 0. The Bertz CT molecular complexity index is 3920. The summed E-state index contributed by atoms with van der Waals surface area (Å²) in [7, 11) is 0. The van der Waals surface area contributed by atoms with Crippen LogP contribution in [-0.4, -0.2) is 19.5 Å². The van der Waals surface area contributed by atoms with Gasteiger partial charge in [0.2, 0.25) is 0 Å². The molecule has 4 aromatic heterocycles. The molecule has 0 N–H and O–H groups in total. The van der Waals surface area contributed by atoms with E-state index in [-0.39, 0.29) is 0 Å². The topological polar surface area (TPSA) is 69.9 Å². The van der Waals surface area contributed by atoms with Gasteiger partial charge in [-0.1, -0.05) is 140 Å². The molecule has 0 saturated carbocycles. The van der Waals surface area contributed by atoms with Crippen molar-refractivity contribution in [1.29, 1.82) is 0 Å². The van der Waals surface area contributed by atoms with E-state index in [0.717, 1.165) is 88.5 Å². The number of para-hydroxylation sites is 3. The summed E-state index contributed by atoms with van der Waals surface area (Å²) in [4.78, 5) is 15.5. The monoisotopic (exact) mass is 806 g/mol. The molecule has 0 amide bonds. The number of furan rings is 2. The van der Waals surface area contributed by atoms with Crippen LogP contribution in [0.1, 0.15) is 0 Å². The number of fused-ring (bicyclic) bond motifs is 9. The Labute approximate surface area is 361 Å². The largest absolute Gasteiger partial charge is 0.456 e. The highest BCUT2D eigenvalue weighted by molar-refractivity contribution is 6.14. The highest BCUT2D eigenvalue weighted by Gasteiger charge is 2.21. The molecular weight excluding hydrogens is 773 g/mol. The van der Waals surface area contributed by atoms with Crippen molar-refractivity contribution in [2.75, 3.05) is 0 Å². The van der Waals surface area contributed by atoms with Crippen LogP contribution < -0.4 is 0 Å². The molecule has 0 spiro atoms. The third-order valence-corrected chi connectivity index (χ3v) is 12.3. The standard InChI is InChI=1S/C57H34N4O2/c1-3-14-35(15-4-1)55-58-56(43-22-12-26-51-53(43)42-21-8-10-25-49(42)62-51)60-57(59-55)44-23-13-27-52-54(44)46-34-39(29-31-50(46)63-52)37-17-11-16-36(32-37)38-28-30-48-45(33-38)41-20-7-9-24-47(41)61(48)40-18-5-2-6-19-40/h1-34H. The minimum Gasteiger partial charge on any atom is -0.456 e.